The number of hydrogen-bond acceptors (Lipinski definition) is 3. The molecular weight excluding hydrogens is 332 g/mol. The molecule has 0 unspecified atom stereocenters. The Hall–Kier alpha value is 3.11. The first-order valence-electron chi connectivity index (χ1n) is 0.775. The second-order valence-corrected chi connectivity index (χ2v) is 0.346. The van der Waals surface area contributed by atoms with Gasteiger partial charge >= 0.3 is 7.32 Å². The molecule has 3 N–H and O–H groups in total. The predicted molar refractivity (Wildman–Crippen MR) is 12.4 cm³/mol. The maximum absolute atomic E-state index is 7.17. The van der Waals surface area contributed by atoms with Gasteiger partial charge in [-0.15, -0.1) is 0 Å². The van der Waals surface area contributed by atoms with Crippen LogP contribution in [0.3, 0.4) is 0 Å². The molecule has 0 aliphatic carbocycles. The number of rotatable bonds is 0. The molecule has 0 spiro atoms. The van der Waals surface area contributed by atoms with Crippen molar-refractivity contribution in [3.63, 3.8) is 0 Å². The van der Waals surface area contributed by atoms with Crippen molar-refractivity contribution in [2.24, 2.45) is 0 Å². The van der Waals surface area contributed by atoms with Crippen molar-refractivity contribution in [1.82, 2.24) is 0 Å². The van der Waals surface area contributed by atoms with Gasteiger partial charge in [0.05, 0.1) is 0 Å². The third kappa shape index (κ3) is 47.6. The summed E-state index contributed by atoms with van der Waals surface area (Å²) in [4.78, 5) is 0. The molecule has 3 nitrogen and oxygen atoms in total. The van der Waals surface area contributed by atoms with E-state index in [1.807, 2.05) is 0 Å². The Kier molecular flexibility index (Phi) is 51.5. The van der Waals surface area contributed by atoms with Gasteiger partial charge in [-0.05, 0) is 0 Å². The van der Waals surface area contributed by atoms with Gasteiger partial charge in [0.1, 0.15) is 0 Å². The maximum atomic E-state index is 7.17. The third-order valence-corrected chi connectivity index (χ3v) is 0. The Morgan fingerprint density at radius 2 is 1.00 bits per heavy atom. The van der Waals surface area contributed by atoms with Gasteiger partial charge in [0.2, 0.25) is 0 Å². The third-order valence-electron chi connectivity index (χ3n) is 0. The fourth-order valence-electron chi connectivity index (χ4n) is 0. The summed E-state index contributed by atoms with van der Waals surface area (Å²) in [7, 11) is -2.17. The van der Waals surface area contributed by atoms with E-state index < -0.39 is 7.32 Å². The molecule has 0 saturated heterocycles. The van der Waals surface area contributed by atoms with Gasteiger partial charge in [-0.1, -0.05) is 0 Å². The molecule has 0 aromatic carbocycles. The van der Waals surface area contributed by atoms with Crippen LogP contribution in [0.15, 0.2) is 0 Å². The van der Waals surface area contributed by atoms with Gasteiger partial charge in [-0.2, -0.15) is 0 Å². The summed E-state index contributed by atoms with van der Waals surface area (Å²) < 4.78 is 0. The normalized spacial score (nSPS) is 3.86. The molecular formula is H3BLaO3ScY. The van der Waals surface area contributed by atoms with Gasteiger partial charge in [0, 0.05) is 94.2 Å². The average Bonchev–Trinajstić information content (AvgIpc) is 0.811. The van der Waals surface area contributed by atoms with Gasteiger partial charge in [0.15, 0.2) is 0 Å². The van der Waals surface area contributed by atoms with Crippen LogP contribution < -0.4 is 0 Å². The molecule has 7 heavy (non-hydrogen) atoms. The summed E-state index contributed by atoms with van der Waals surface area (Å²) in [5.74, 6) is 0. The molecule has 0 aromatic heterocycles. The maximum Gasteiger partial charge on any atom is 0.631 e. The molecule has 0 aromatic rings. The Bertz CT molecular complexity index is 19.7. The summed E-state index contributed by atoms with van der Waals surface area (Å²) in [5.41, 5.74) is 0. The van der Waals surface area contributed by atoms with Crippen molar-refractivity contribution in [1.29, 1.82) is 0 Å². The Morgan fingerprint density at radius 3 is 1.00 bits per heavy atom. The monoisotopic (exact) mass is 335 g/mol. The van der Waals surface area contributed by atoms with Gasteiger partial charge in [0.25, 0.3) is 0 Å². The largest absolute Gasteiger partial charge is 0.631 e. The van der Waals surface area contributed by atoms with E-state index in [1.165, 1.54) is 0 Å². The van der Waals surface area contributed by atoms with Crippen molar-refractivity contribution in [3.05, 3.63) is 0 Å². The van der Waals surface area contributed by atoms with E-state index in [0.717, 1.165) is 0 Å². The van der Waals surface area contributed by atoms with Crippen LogP contribution in [-0.4, -0.2) is 22.4 Å². The molecule has 7 heteroatoms. The van der Waals surface area contributed by atoms with Crippen LogP contribution in [0.1, 0.15) is 0 Å². The quantitative estimate of drug-likeness (QED) is 0.447. The SMILES string of the molecule is OB(O)O.[La].[Sc].[Y]. The van der Waals surface area contributed by atoms with Crippen LogP contribution in [0.5, 0.6) is 0 Å². The molecule has 0 atom stereocenters. The minimum absolute atomic E-state index is 0. The Morgan fingerprint density at radius 1 is 1.00 bits per heavy atom. The van der Waals surface area contributed by atoms with Crippen LogP contribution in [0.25, 0.3) is 0 Å². The first-order valence-corrected chi connectivity index (χ1v) is 0.775. The standard InChI is InChI=1S/BH3O3.La.Sc.Y/c2-1(3)4;;;/h2-4H;;;. The Balaban J connectivity index is -0.0000000150. The summed E-state index contributed by atoms with van der Waals surface area (Å²) in [6.45, 7) is 0. The van der Waals surface area contributed by atoms with E-state index in [-0.39, 0.29) is 94.2 Å². The smallest absolute Gasteiger partial charge is 0.402 e. The summed E-state index contributed by atoms with van der Waals surface area (Å²) in [6.07, 6.45) is 0. The molecule has 0 rings (SSSR count). The molecule has 0 bridgehead atoms. The molecule has 0 heterocycles. The Labute approximate surface area is 114 Å². The number of hydrogen-bond donors (Lipinski definition) is 3. The van der Waals surface area contributed by atoms with Crippen molar-refractivity contribution >= 4 is 7.32 Å². The topological polar surface area (TPSA) is 60.7 Å². The fourth-order valence-corrected chi connectivity index (χ4v) is 0. The summed E-state index contributed by atoms with van der Waals surface area (Å²) in [5, 5.41) is 21.5. The zero-order chi connectivity index (χ0) is 3.58. The van der Waals surface area contributed by atoms with Crippen molar-refractivity contribution < 1.29 is 109 Å². The fraction of sp³-hybridized carbons (Fsp3) is 0. The molecule has 0 aliphatic heterocycles. The van der Waals surface area contributed by atoms with E-state index in [9.17, 15) is 0 Å². The van der Waals surface area contributed by atoms with Gasteiger partial charge in [-0.25, -0.2) is 0 Å². The van der Waals surface area contributed by atoms with Crippen LogP contribution in [-0.2, 0) is 58.6 Å². The molecule has 33 valence electrons. The van der Waals surface area contributed by atoms with Crippen LogP contribution in [0.2, 0.25) is 0 Å². The molecule has 0 saturated carbocycles. The van der Waals surface area contributed by atoms with Gasteiger partial charge in [-0.3, -0.25) is 0 Å². The molecule has 0 aliphatic rings. The van der Waals surface area contributed by atoms with Crippen LogP contribution in [0, 0.1) is 35.6 Å². The molecule has 0 amide bonds. The zero-order valence-electron chi connectivity index (χ0n) is 3.65. The van der Waals surface area contributed by atoms with Crippen molar-refractivity contribution in [2.45, 2.75) is 0 Å². The molecule has 3 radical (unpaired) electrons. The van der Waals surface area contributed by atoms with E-state index in [2.05, 4.69) is 0 Å². The van der Waals surface area contributed by atoms with Crippen molar-refractivity contribution in [3.8, 4) is 0 Å². The van der Waals surface area contributed by atoms with E-state index in [4.69, 9.17) is 15.1 Å². The van der Waals surface area contributed by atoms with E-state index in [1.54, 1.807) is 0 Å². The molecule has 0 fully saturated rings. The van der Waals surface area contributed by atoms with Crippen LogP contribution in [0.4, 0.5) is 0 Å². The second kappa shape index (κ2) is 16.1. The minimum atomic E-state index is -2.17. The average molecular weight is 335 g/mol. The van der Waals surface area contributed by atoms with Crippen molar-refractivity contribution in [2.75, 3.05) is 0 Å². The van der Waals surface area contributed by atoms with Crippen LogP contribution >= 0.6 is 0 Å². The van der Waals surface area contributed by atoms with E-state index in [0.29, 0.717) is 0 Å². The summed E-state index contributed by atoms with van der Waals surface area (Å²) >= 11 is 0. The first-order chi connectivity index (χ1) is 1.73. The zero-order valence-corrected chi connectivity index (χ0v) is 11.9. The predicted octanol–water partition coefficient (Wildman–Crippen LogP) is -2.06. The van der Waals surface area contributed by atoms with Gasteiger partial charge < -0.3 is 15.1 Å². The van der Waals surface area contributed by atoms with E-state index >= 15 is 0 Å². The summed E-state index contributed by atoms with van der Waals surface area (Å²) in [6, 6.07) is 0. The minimum Gasteiger partial charge on any atom is -0.402 e. The first kappa shape index (κ1) is 22.5. The second-order valence-electron chi connectivity index (χ2n) is 0.346.